The maximum absolute atomic E-state index is 11.5. The normalized spacial score (nSPS) is 12.2. The van der Waals surface area contributed by atoms with Crippen LogP contribution in [0, 0.1) is 0 Å². The van der Waals surface area contributed by atoms with Crippen molar-refractivity contribution >= 4 is 21.8 Å². The van der Waals surface area contributed by atoms with Crippen LogP contribution < -0.4 is 11.1 Å². The molecule has 1 aromatic rings. The van der Waals surface area contributed by atoms with Crippen LogP contribution >= 0.6 is 15.9 Å². The molecule has 0 aliphatic heterocycles. The van der Waals surface area contributed by atoms with E-state index < -0.39 is 6.04 Å². The molecular weight excluding hydrogens is 260 g/mol. The Morgan fingerprint density at radius 1 is 1.87 bits per heavy atom. The Morgan fingerprint density at radius 3 is 3.00 bits per heavy atom. The number of carbonyl (C=O) groups excluding carboxylic acids is 1. The molecule has 3 N–H and O–H groups in total. The smallest absolute Gasteiger partial charge is 0.241 e. The van der Waals surface area contributed by atoms with Gasteiger partial charge in [0, 0.05) is 29.8 Å². The molecule has 1 heterocycles. The Balaban J connectivity index is 2.56. The van der Waals surface area contributed by atoms with Gasteiger partial charge in [-0.05, 0) is 0 Å². The first-order valence-electron chi connectivity index (χ1n) is 4.36. The van der Waals surface area contributed by atoms with Crippen molar-refractivity contribution in [1.82, 2.24) is 15.1 Å². The van der Waals surface area contributed by atoms with E-state index in [9.17, 15) is 4.79 Å². The molecular formula is C9H13BrN4O. The van der Waals surface area contributed by atoms with E-state index in [0.29, 0.717) is 16.6 Å². The SMILES string of the molecule is C=C(Br)CNC(=O)C(N)c1cnn(C)c1. The van der Waals surface area contributed by atoms with Gasteiger partial charge in [-0.2, -0.15) is 5.10 Å². The van der Waals surface area contributed by atoms with E-state index in [-0.39, 0.29) is 5.91 Å². The van der Waals surface area contributed by atoms with Crippen LogP contribution in [0.4, 0.5) is 0 Å². The Hall–Kier alpha value is -1.14. The highest BCUT2D eigenvalue weighted by atomic mass is 79.9. The Morgan fingerprint density at radius 2 is 2.53 bits per heavy atom. The summed E-state index contributed by atoms with van der Waals surface area (Å²) in [6, 6.07) is -0.689. The fourth-order valence-electron chi connectivity index (χ4n) is 1.05. The quantitative estimate of drug-likeness (QED) is 0.836. The van der Waals surface area contributed by atoms with Gasteiger partial charge in [-0.25, -0.2) is 0 Å². The fraction of sp³-hybridized carbons (Fsp3) is 0.333. The van der Waals surface area contributed by atoms with E-state index in [4.69, 9.17) is 5.73 Å². The summed E-state index contributed by atoms with van der Waals surface area (Å²) in [4.78, 5) is 11.5. The highest BCUT2D eigenvalue weighted by molar-refractivity contribution is 9.11. The average molecular weight is 273 g/mol. The lowest BCUT2D eigenvalue weighted by Gasteiger charge is -2.09. The minimum absolute atomic E-state index is 0.247. The lowest BCUT2D eigenvalue weighted by Crippen LogP contribution is -2.34. The third-order valence-electron chi connectivity index (χ3n) is 1.82. The minimum Gasteiger partial charge on any atom is -0.350 e. The minimum atomic E-state index is -0.689. The van der Waals surface area contributed by atoms with Gasteiger partial charge in [0.15, 0.2) is 0 Å². The van der Waals surface area contributed by atoms with Crippen LogP contribution in [0.2, 0.25) is 0 Å². The van der Waals surface area contributed by atoms with Crippen LogP contribution in [0.3, 0.4) is 0 Å². The maximum Gasteiger partial charge on any atom is 0.241 e. The van der Waals surface area contributed by atoms with Gasteiger partial charge in [-0.1, -0.05) is 22.5 Å². The van der Waals surface area contributed by atoms with Crippen LogP contribution in [0.5, 0.6) is 0 Å². The molecule has 82 valence electrons. The molecule has 15 heavy (non-hydrogen) atoms. The molecule has 5 nitrogen and oxygen atoms in total. The second-order valence-electron chi connectivity index (χ2n) is 3.16. The number of aromatic nitrogens is 2. The molecule has 0 saturated carbocycles. The summed E-state index contributed by atoms with van der Waals surface area (Å²) in [5, 5.41) is 6.59. The van der Waals surface area contributed by atoms with Crippen molar-refractivity contribution in [2.45, 2.75) is 6.04 Å². The lowest BCUT2D eigenvalue weighted by molar-refractivity contribution is -0.122. The van der Waals surface area contributed by atoms with Gasteiger partial charge >= 0.3 is 0 Å². The second kappa shape index (κ2) is 5.09. The third-order valence-corrected chi connectivity index (χ3v) is 2.10. The highest BCUT2D eigenvalue weighted by Gasteiger charge is 2.16. The third kappa shape index (κ3) is 3.49. The maximum atomic E-state index is 11.5. The number of hydrogen-bond acceptors (Lipinski definition) is 3. The molecule has 0 saturated heterocycles. The number of hydrogen-bond donors (Lipinski definition) is 2. The molecule has 1 rings (SSSR count). The van der Waals surface area contributed by atoms with Crippen molar-refractivity contribution in [2.75, 3.05) is 6.54 Å². The zero-order chi connectivity index (χ0) is 11.4. The molecule has 0 aliphatic rings. The number of aryl methyl sites for hydroxylation is 1. The number of nitrogens with one attached hydrogen (secondary N) is 1. The summed E-state index contributed by atoms with van der Waals surface area (Å²) < 4.78 is 2.31. The van der Waals surface area contributed by atoms with E-state index in [2.05, 4.69) is 32.9 Å². The summed E-state index contributed by atoms with van der Waals surface area (Å²) in [5.41, 5.74) is 6.42. The number of amides is 1. The Kier molecular flexibility index (Phi) is 4.05. The van der Waals surface area contributed by atoms with Gasteiger partial charge in [-0.15, -0.1) is 0 Å². The van der Waals surface area contributed by atoms with Gasteiger partial charge in [0.25, 0.3) is 0 Å². The van der Waals surface area contributed by atoms with Crippen molar-refractivity contribution in [3.63, 3.8) is 0 Å². The number of carbonyl (C=O) groups is 1. The predicted molar refractivity (Wildman–Crippen MR) is 61.2 cm³/mol. The molecule has 0 fully saturated rings. The van der Waals surface area contributed by atoms with Gasteiger partial charge in [0.2, 0.25) is 5.91 Å². The molecule has 0 radical (unpaired) electrons. The van der Waals surface area contributed by atoms with Crippen LogP contribution in [0.1, 0.15) is 11.6 Å². The largest absolute Gasteiger partial charge is 0.350 e. The van der Waals surface area contributed by atoms with Crippen molar-refractivity contribution in [3.05, 3.63) is 29.0 Å². The van der Waals surface area contributed by atoms with E-state index >= 15 is 0 Å². The van der Waals surface area contributed by atoms with E-state index in [0.717, 1.165) is 0 Å². The first-order chi connectivity index (χ1) is 7.00. The summed E-state index contributed by atoms with van der Waals surface area (Å²) in [5.74, 6) is -0.247. The molecule has 0 aromatic carbocycles. The molecule has 1 amide bonds. The van der Waals surface area contributed by atoms with E-state index in [1.807, 2.05) is 0 Å². The van der Waals surface area contributed by atoms with Crippen LogP contribution in [0.15, 0.2) is 23.5 Å². The van der Waals surface area contributed by atoms with Gasteiger partial charge in [0.1, 0.15) is 6.04 Å². The first kappa shape index (κ1) is 11.9. The van der Waals surface area contributed by atoms with Gasteiger partial charge in [-0.3, -0.25) is 9.48 Å². The molecule has 1 atom stereocenters. The monoisotopic (exact) mass is 272 g/mol. The number of rotatable bonds is 4. The zero-order valence-corrected chi connectivity index (χ0v) is 9.99. The molecule has 1 unspecified atom stereocenters. The van der Waals surface area contributed by atoms with Gasteiger partial charge in [0.05, 0.1) is 6.20 Å². The van der Waals surface area contributed by atoms with Crippen LogP contribution in [-0.2, 0) is 11.8 Å². The standard InChI is InChI=1S/C9H13BrN4O/c1-6(10)3-12-9(15)8(11)7-4-13-14(2)5-7/h4-5,8H,1,3,11H2,2H3,(H,12,15). The first-order valence-corrected chi connectivity index (χ1v) is 5.15. The zero-order valence-electron chi connectivity index (χ0n) is 8.40. The fourth-order valence-corrected chi connectivity index (χ4v) is 1.19. The summed E-state index contributed by atoms with van der Waals surface area (Å²) in [6.45, 7) is 3.98. The topological polar surface area (TPSA) is 72.9 Å². The van der Waals surface area contributed by atoms with Crippen LogP contribution in [0.25, 0.3) is 0 Å². The molecule has 0 bridgehead atoms. The Bertz CT molecular complexity index is 374. The predicted octanol–water partition coefficient (Wildman–Crippen LogP) is 0.445. The Labute approximate surface area is 96.5 Å². The van der Waals surface area contributed by atoms with E-state index in [1.54, 1.807) is 24.1 Å². The highest BCUT2D eigenvalue weighted by Crippen LogP contribution is 2.08. The number of halogens is 1. The number of nitrogens with zero attached hydrogens (tertiary/aromatic N) is 2. The second-order valence-corrected chi connectivity index (χ2v) is 4.28. The summed E-state index contributed by atoms with van der Waals surface area (Å²) >= 11 is 3.15. The average Bonchev–Trinajstić information content (AvgIpc) is 2.60. The van der Waals surface area contributed by atoms with Crippen molar-refractivity contribution < 1.29 is 4.79 Å². The summed E-state index contributed by atoms with van der Waals surface area (Å²) in [6.07, 6.45) is 3.29. The molecule has 0 aliphatic carbocycles. The van der Waals surface area contributed by atoms with E-state index in [1.165, 1.54) is 0 Å². The molecule has 0 spiro atoms. The van der Waals surface area contributed by atoms with Crippen molar-refractivity contribution in [2.24, 2.45) is 12.8 Å². The molecule has 6 heteroatoms. The van der Waals surface area contributed by atoms with Crippen molar-refractivity contribution in [1.29, 1.82) is 0 Å². The summed E-state index contributed by atoms with van der Waals surface area (Å²) in [7, 11) is 1.77. The lowest BCUT2D eigenvalue weighted by atomic mass is 10.1. The van der Waals surface area contributed by atoms with Crippen molar-refractivity contribution in [3.8, 4) is 0 Å². The van der Waals surface area contributed by atoms with Gasteiger partial charge < -0.3 is 11.1 Å². The molecule has 1 aromatic heterocycles. The van der Waals surface area contributed by atoms with Crippen LogP contribution in [-0.4, -0.2) is 22.2 Å². The number of nitrogens with two attached hydrogens (primary N) is 1.